The number of hydrogen-bond acceptors (Lipinski definition) is 7. The average Bonchev–Trinajstić information content (AvgIpc) is 3.30. The Bertz CT molecular complexity index is 751. The molecule has 9 nitrogen and oxygen atoms in total. The number of carbonyl (C=O) groups excluding carboxylic acids is 1. The molecule has 9 heteroatoms. The lowest BCUT2D eigenvalue weighted by molar-refractivity contribution is 0.0688. The van der Waals surface area contributed by atoms with Crippen molar-refractivity contribution in [2.75, 3.05) is 0 Å². The molecule has 2 aromatic rings. The molecule has 1 unspecified atom stereocenters. The lowest BCUT2D eigenvalue weighted by Crippen LogP contribution is -2.32. The molecule has 1 aliphatic carbocycles. The van der Waals surface area contributed by atoms with Gasteiger partial charge in [0.15, 0.2) is 11.5 Å². The number of rotatable bonds is 6. The number of aromatic carboxylic acids is 1. The van der Waals surface area contributed by atoms with E-state index in [1.54, 1.807) is 0 Å². The number of carbonyl (C=O) groups is 2. The lowest BCUT2D eigenvalue weighted by atomic mass is 10.0. The Hall–Kier alpha value is -2.84. The third kappa shape index (κ3) is 3.39. The molecule has 2 heterocycles. The molecule has 2 aromatic heterocycles. The predicted molar refractivity (Wildman–Crippen MR) is 80.3 cm³/mol. The third-order valence-corrected chi connectivity index (χ3v) is 3.72. The highest BCUT2D eigenvalue weighted by molar-refractivity contribution is 5.92. The maximum Gasteiger partial charge on any atom is 0.356 e. The van der Waals surface area contributed by atoms with Gasteiger partial charge in [0.05, 0.1) is 12.4 Å². The minimum atomic E-state index is -1.20. The number of hydrogen-bond donors (Lipinski definition) is 2. The van der Waals surface area contributed by atoms with Gasteiger partial charge in [-0.15, -0.1) is 0 Å². The summed E-state index contributed by atoms with van der Waals surface area (Å²) in [5, 5.41) is 15.5. The Morgan fingerprint density at radius 2 is 1.92 bits per heavy atom. The van der Waals surface area contributed by atoms with Gasteiger partial charge in [0.25, 0.3) is 5.91 Å². The molecule has 1 atom stereocenters. The fourth-order valence-corrected chi connectivity index (χ4v) is 2.17. The molecule has 1 fully saturated rings. The highest BCUT2D eigenvalue weighted by atomic mass is 16.5. The SMILES string of the molecule is CC(C)C(NC(=O)c1cnc(C(=O)O)cn1)c1nc(C2CC2)no1. The van der Waals surface area contributed by atoms with Crippen LogP contribution in [0, 0.1) is 5.92 Å². The first-order chi connectivity index (χ1) is 11.5. The first kappa shape index (κ1) is 16.0. The fourth-order valence-electron chi connectivity index (χ4n) is 2.17. The van der Waals surface area contributed by atoms with Crippen LogP contribution in [0.15, 0.2) is 16.9 Å². The van der Waals surface area contributed by atoms with Crippen LogP contribution < -0.4 is 5.32 Å². The summed E-state index contributed by atoms with van der Waals surface area (Å²) in [5.74, 6) is -0.267. The van der Waals surface area contributed by atoms with Gasteiger partial charge < -0.3 is 14.9 Å². The van der Waals surface area contributed by atoms with E-state index in [1.807, 2.05) is 13.8 Å². The molecule has 24 heavy (non-hydrogen) atoms. The van der Waals surface area contributed by atoms with Gasteiger partial charge >= 0.3 is 5.97 Å². The van der Waals surface area contributed by atoms with Crippen LogP contribution in [0.5, 0.6) is 0 Å². The topological polar surface area (TPSA) is 131 Å². The first-order valence-corrected chi connectivity index (χ1v) is 7.65. The molecule has 0 saturated heterocycles. The van der Waals surface area contributed by atoms with E-state index < -0.39 is 17.9 Å². The second-order valence-corrected chi connectivity index (χ2v) is 6.05. The van der Waals surface area contributed by atoms with Crippen molar-refractivity contribution in [2.24, 2.45) is 5.92 Å². The molecule has 1 saturated carbocycles. The Labute approximate surface area is 137 Å². The third-order valence-electron chi connectivity index (χ3n) is 3.72. The fraction of sp³-hybridized carbons (Fsp3) is 0.467. The molecule has 126 valence electrons. The largest absolute Gasteiger partial charge is 0.476 e. The smallest absolute Gasteiger partial charge is 0.356 e. The van der Waals surface area contributed by atoms with E-state index in [4.69, 9.17) is 9.63 Å². The summed E-state index contributed by atoms with van der Waals surface area (Å²) >= 11 is 0. The quantitative estimate of drug-likeness (QED) is 0.815. The molecule has 0 bridgehead atoms. The molecule has 1 amide bonds. The Morgan fingerprint density at radius 3 is 2.46 bits per heavy atom. The molecule has 0 aromatic carbocycles. The monoisotopic (exact) mass is 331 g/mol. The summed E-state index contributed by atoms with van der Waals surface area (Å²) in [6.07, 6.45) is 4.28. The number of amides is 1. The Balaban J connectivity index is 1.74. The van der Waals surface area contributed by atoms with Gasteiger partial charge in [0.1, 0.15) is 11.7 Å². The Kier molecular flexibility index (Phi) is 4.24. The molecule has 2 N–H and O–H groups in total. The second kappa shape index (κ2) is 6.34. The van der Waals surface area contributed by atoms with Crippen LogP contribution in [-0.2, 0) is 0 Å². The molecular formula is C15H17N5O4. The maximum atomic E-state index is 12.3. The van der Waals surface area contributed by atoms with Crippen LogP contribution in [0.25, 0.3) is 0 Å². The molecule has 3 rings (SSSR count). The van der Waals surface area contributed by atoms with E-state index in [9.17, 15) is 9.59 Å². The van der Waals surface area contributed by atoms with Crippen LogP contribution in [0.4, 0.5) is 0 Å². The van der Waals surface area contributed by atoms with Crippen molar-refractivity contribution in [2.45, 2.75) is 38.6 Å². The van der Waals surface area contributed by atoms with Crippen molar-refractivity contribution in [1.29, 1.82) is 0 Å². The zero-order chi connectivity index (χ0) is 17.3. The van der Waals surface area contributed by atoms with E-state index in [1.165, 1.54) is 0 Å². The van der Waals surface area contributed by atoms with Gasteiger partial charge in [-0.05, 0) is 18.8 Å². The van der Waals surface area contributed by atoms with Crippen molar-refractivity contribution < 1.29 is 19.2 Å². The number of nitrogens with zero attached hydrogens (tertiary/aromatic N) is 4. The van der Waals surface area contributed by atoms with Crippen molar-refractivity contribution in [1.82, 2.24) is 25.4 Å². The van der Waals surface area contributed by atoms with Crippen LogP contribution >= 0.6 is 0 Å². The van der Waals surface area contributed by atoms with Crippen LogP contribution in [0.2, 0.25) is 0 Å². The van der Waals surface area contributed by atoms with Crippen molar-refractivity contribution >= 4 is 11.9 Å². The van der Waals surface area contributed by atoms with Gasteiger partial charge in [-0.25, -0.2) is 14.8 Å². The molecule has 1 aliphatic rings. The van der Waals surface area contributed by atoms with E-state index in [0.717, 1.165) is 25.2 Å². The van der Waals surface area contributed by atoms with Gasteiger partial charge in [-0.3, -0.25) is 4.79 Å². The van der Waals surface area contributed by atoms with Gasteiger partial charge in [0.2, 0.25) is 5.89 Å². The van der Waals surface area contributed by atoms with Crippen molar-refractivity contribution in [3.8, 4) is 0 Å². The Morgan fingerprint density at radius 1 is 1.25 bits per heavy atom. The molecule has 0 aliphatic heterocycles. The summed E-state index contributed by atoms with van der Waals surface area (Å²) in [6, 6.07) is -0.460. The summed E-state index contributed by atoms with van der Waals surface area (Å²) in [4.78, 5) is 35.0. The predicted octanol–water partition coefficient (Wildman–Crippen LogP) is 1.56. The summed E-state index contributed by atoms with van der Waals surface area (Å²) in [5.41, 5.74) is -0.203. The average molecular weight is 331 g/mol. The number of aromatic nitrogens is 4. The van der Waals surface area contributed by atoms with Crippen LogP contribution in [-0.4, -0.2) is 37.1 Å². The van der Waals surface area contributed by atoms with Crippen LogP contribution in [0.1, 0.15) is 71.3 Å². The number of carboxylic acid groups (broad SMARTS) is 1. The van der Waals surface area contributed by atoms with E-state index in [2.05, 4.69) is 25.4 Å². The normalized spacial score (nSPS) is 15.3. The van der Waals surface area contributed by atoms with E-state index >= 15 is 0 Å². The molecule has 0 spiro atoms. The molecule has 0 radical (unpaired) electrons. The lowest BCUT2D eigenvalue weighted by Gasteiger charge is -2.18. The summed E-state index contributed by atoms with van der Waals surface area (Å²) in [7, 11) is 0. The summed E-state index contributed by atoms with van der Waals surface area (Å²) in [6.45, 7) is 3.84. The van der Waals surface area contributed by atoms with Gasteiger partial charge in [-0.2, -0.15) is 4.98 Å². The van der Waals surface area contributed by atoms with Crippen LogP contribution in [0.3, 0.4) is 0 Å². The maximum absolute atomic E-state index is 12.3. The molecular weight excluding hydrogens is 314 g/mol. The van der Waals surface area contributed by atoms with Gasteiger partial charge in [0, 0.05) is 5.92 Å². The highest BCUT2D eigenvalue weighted by Crippen LogP contribution is 2.38. The standard InChI is InChI=1S/C15H17N5O4/c1-7(2)11(14-19-12(20-24-14)8-3-4-8)18-13(21)9-5-17-10(6-16-9)15(22)23/h5-8,11H,3-4H2,1-2H3,(H,18,21)(H,22,23). The first-order valence-electron chi connectivity index (χ1n) is 7.65. The summed E-state index contributed by atoms with van der Waals surface area (Å²) < 4.78 is 5.29. The second-order valence-electron chi connectivity index (χ2n) is 6.05. The zero-order valence-corrected chi connectivity index (χ0v) is 13.3. The van der Waals surface area contributed by atoms with Crippen molar-refractivity contribution in [3.05, 3.63) is 35.5 Å². The van der Waals surface area contributed by atoms with E-state index in [0.29, 0.717) is 17.6 Å². The van der Waals surface area contributed by atoms with E-state index in [-0.39, 0.29) is 17.3 Å². The minimum absolute atomic E-state index is 0.0209. The highest BCUT2D eigenvalue weighted by Gasteiger charge is 2.31. The number of nitrogens with one attached hydrogen (secondary N) is 1. The zero-order valence-electron chi connectivity index (χ0n) is 13.3. The minimum Gasteiger partial charge on any atom is -0.476 e. The van der Waals surface area contributed by atoms with Gasteiger partial charge in [-0.1, -0.05) is 19.0 Å². The van der Waals surface area contributed by atoms with Crippen molar-refractivity contribution in [3.63, 3.8) is 0 Å². The number of carboxylic acids is 1.